The fourth-order valence-electron chi connectivity index (χ4n) is 1.33. The Labute approximate surface area is 107 Å². The molecule has 0 aliphatic carbocycles. The smallest absolute Gasteiger partial charge is 0.237 e. The van der Waals surface area contributed by atoms with Crippen LogP contribution in [0.25, 0.3) is 0 Å². The Morgan fingerprint density at radius 3 is 1.78 bits per heavy atom. The highest BCUT2D eigenvalue weighted by Gasteiger charge is 2.06. The van der Waals surface area contributed by atoms with Gasteiger partial charge in [0.1, 0.15) is 11.5 Å². The summed E-state index contributed by atoms with van der Waals surface area (Å²) in [5, 5.41) is 0. The van der Waals surface area contributed by atoms with Crippen LogP contribution in [0.4, 0.5) is 0 Å². The average molecular weight is 250 g/mol. The van der Waals surface area contributed by atoms with E-state index in [0.29, 0.717) is 11.5 Å². The van der Waals surface area contributed by atoms with E-state index < -0.39 is 12.6 Å². The van der Waals surface area contributed by atoms with E-state index in [2.05, 4.69) is 13.2 Å². The molecular weight excluding hydrogens is 232 g/mol. The Bertz CT molecular complexity index is 356. The summed E-state index contributed by atoms with van der Waals surface area (Å²) in [6.07, 6.45) is 1.87. The second-order valence-electron chi connectivity index (χ2n) is 3.45. The van der Waals surface area contributed by atoms with Gasteiger partial charge >= 0.3 is 0 Å². The zero-order chi connectivity index (χ0) is 13.4. The summed E-state index contributed by atoms with van der Waals surface area (Å²) < 4.78 is 21.1. The van der Waals surface area contributed by atoms with Gasteiger partial charge in [0.2, 0.25) is 12.6 Å². The van der Waals surface area contributed by atoms with Crippen molar-refractivity contribution in [3.05, 3.63) is 49.9 Å². The summed E-state index contributed by atoms with van der Waals surface area (Å²) >= 11 is 0. The fraction of sp³-hybridized carbons (Fsp3) is 0.286. The summed E-state index contributed by atoms with van der Waals surface area (Å²) in [6.45, 7) is 10.5. The van der Waals surface area contributed by atoms with Crippen LogP contribution in [-0.2, 0) is 9.47 Å². The van der Waals surface area contributed by atoms with Gasteiger partial charge < -0.3 is 18.9 Å². The lowest BCUT2D eigenvalue weighted by Crippen LogP contribution is -2.14. The van der Waals surface area contributed by atoms with Crippen molar-refractivity contribution >= 4 is 0 Å². The first-order chi connectivity index (χ1) is 8.65. The summed E-state index contributed by atoms with van der Waals surface area (Å²) in [5.74, 6) is 1.29. The minimum atomic E-state index is -0.403. The van der Waals surface area contributed by atoms with Crippen LogP contribution in [-0.4, -0.2) is 12.6 Å². The average Bonchev–Trinajstić information content (AvgIpc) is 2.29. The lowest BCUT2D eigenvalue weighted by Gasteiger charge is -2.16. The van der Waals surface area contributed by atoms with Crippen molar-refractivity contribution in [2.45, 2.75) is 26.4 Å². The molecule has 4 heteroatoms. The van der Waals surface area contributed by atoms with Gasteiger partial charge in [0.15, 0.2) is 0 Å². The van der Waals surface area contributed by atoms with Gasteiger partial charge in [-0.05, 0) is 12.1 Å². The zero-order valence-corrected chi connectivity index (χ0v) is 10.7. The molecule has 0 aliphatic heterocycles. The third-order valence-electron chi connectivity index (χ3n) is 1.99. The second kappa shape index (κ2) is 7.27. The van der Waals surface area contributed by atoms with Gasteiger partial charge in [-0.25, -0.2) is 0 Å². The van der Waals surface area contributed by atoms with E-state index in [1.165, 1.54) is 12.5 Å². The predicted molar refractivity (Wildman–Crippen MR) is 69.2 cm³/mol. The highest BCUT2D eigenvalue weighted by molar-refractivity contribution is 5.33. The Morgan fingerprint density at radius 2 is 1.39 bits per heavy atom. The second-order valence-corrected chi connectivity index (χ2v) is 3.45. The SMILES string of the molecule is C=COC(C)Oc1cccc(OC(C)OC=C)c1. The first-order valence-corrected chi connectivity index (χ1v) is 5.62. The van der Waals surface area contributed by atoms with Crippen molar-refractivity contribution in [3.63, 3.8) is 0 Å². The Hall–Kier alpha value is -2.10. The monoisotopic (exact) mass is 250 g/mol. The molecule has 0 aromatic heterocycles. The molecular formula is C14H18O4. The number of rotatable bonds is 8. The van der Waals surface area contributed by atoms with E-state index in [1.807, 2.05) is 18.2 Å². The Morgan fingerprint density at radius 1 is 0.944 bits per heavy atom. The number of benzene rings is 1. The van der Waals surface area contributed by atoms with Crippen LogP contribution in [0, 0.1) is 0 Å². The van der Waals surface area contributed by atoms with Crippen molar-refractivity contribution in [1.82, 2.24) is 0 Å². The van der Waals surface area contributed by atoms with Crippen molar-refractivity contribution in [2.75, 3.05) is 0 Å². The van der Waals surface area contributed by atoms with Gasteiger partial charge in [-0.2, -0.15) is 0 Å². The lowest BCUT2D eigenvalue weighted by atomic mass is 10.3. The van der Waals surface area contributed by atoms with E-state index >= 15 is 0 Å². The molecule has 0 heterocycles. The molecule has 0 amide bonds. The molecule has 1 aromatic carbocycles. The predicted octanol–water partition coefficient (Wildman–Crippen LogP) is 3.46. The standard InChI is InChI=1S/C14H18O4/c1-5-15-11(3)17-13-8-7-9-14(10-13)18-12(4)16-6-2/h5-12H,1-2H2,3-4H3. The van der Waals surface area contributed by atoms with E-state index in [9.17, 15) is 0 Å². The van der Waals surface area contributed by atoms with Crippen molar-refractivity contribution in [2.24, 2.45) is 0 Å². The summed E-state index contributed by atoms with van der Waals surface area (Å²) in [7, 11) is 0. The van der Waals surface area contributed by atoms with Gasteiger partial charge in [0.05, 0.1) is 12.5 Å². The molecule has 0 N–H and O–H groups in total. The van der Waals surface area contributed by atoms with E-state index in [-0.39, 0.29) is 0 Å². The normalized spacial score (nSPS) is 13.0. The molecule has 1 aromatic rings. The maximum absolute atomic E-state index is 5.50. The quantitative estimate of drug-likeness (QED) is 0.523. The fourth-order valence-corrected chi connectivity index (χ4v) is 1.33. The summed E-state index contributed by atoms with van der Waals surface area (Å²) in [4.78, 5) is 0. The number of hydrogen-bond donors (Lipinski definition) is 0. The molecule has 0 saturated carbocycles. The summed E-state index contributed by atoms with van der Waals surface area (Å²) in [6, 6.07) is 7.21. The molecule has 98 valence electrons. The molecule has 0 saturated heterocycles. The molecule has 0 bridgehead atoms. The van der Waals surface area contributed by atoms with Crippen LogP contribution in [0.5, 0.6) is 11.5 Å². The molecule has 0 aliphatic rings. The third-order valence-corrected chi connectivity index (χ3v) is 1.99. The summed E-state index contributed by atoms with van der Waals surface area (Å²) in [5.41, 5.74) is 0. The molecule has 1 rings (SSSR count). The zero-order valence-electron chi connectivity index (χ0n) is 10.7. The minimum Gasteiger partial charge on any atom is -0.463 e. The van der Waals surface area contributed by atoms with Crippen LogP contribution < -0.4 is 9.47 Å². The largest absolute Gasteiger partial charge is 0.463 e. The molecule has 0 radical (unpaired) electrons. The molecule has 2 unspecified atom stereocenters. The van der Waals surface area contributed by atoms with Crippen LogP contribution >= 0.6 is 0 Å². The third kappa shape index (κ3) is 4.82. The van der Waals surface area contributed by atoms with Crippen molar-refractivity contribution < 1.29 is 18.9 Å². The first-order valence-electron chi connectivity index (χ1n) is 5.62. The lowest BCUT2D eigenvalue weighted by molar-refractivity contribution is -0.0179. The topological polar surface area (TPSA) is 36.9 Å². The molecule has 4 nitrogen and oxygen atoms in total. The first kappa shape index (κ1) is 14.0. The maximum atomic E-state index is 5.50. The van der Waals surface area contributed by atoms with Gasteiger partial charge in [-0.15, -0.1) is 0 Å². The van der Waals surface area contributed by atoms with Crippen LogP contribution in [0.1, 0.15) is 13.8 Å². The highest BCUT2D eigenvalue weighted by atomic mass is 16.7. The maximum Gasteiger partial charge on any atom is 0.237 e. The van der Waals surface area contributed by atoms with Crippen LogP contribution in [0.15, 0.2) is 49.9 Å². The molecule has 0 fully saturated rings. The van der Waals surface area contributed by atoms with Gasteiger partial charge in [0.25, 0.3) is 0 Å². The molecule has 0 spiro atoms. The number of ether oxygens (including phenoxy) is 4. The van der Waals surface area contributed by atoms with Gasteiger partial charge in [0, 0.05) is 19.9 Å². The molecule has 18 heavy (non-hydrogen) atoms. The van der Waals surface area contributed by atoms with Crippen LogP contribution in [0.2, 0.25) is 0 Å². The number of hydrogen-bond acceptors (Lipinski definition) is 4. The van der Waals surface area contributed by atoms with Gasteiger partial charge in [-0.3, -0.25) is 0 Å². The van der Waals surface area contributed by atoms with E-state index in [0.717, 1.165) is 0 Å². The Balaban J connectivity index is 2.61. The van der Waals surface area contributed by atoms with E-state index in [4.69, 9.17) is 18.9 Å². The van der Waals surface area contributed by atoms with Crippen molar-refractivity contribution in [3.8, 4) is 11.5 Å². The minimum absolute atomic E-state index is 0.403. The Kier molecular flexibility index (Phi) is 5.64. The van der Waals surface area contributed by atoms with E-state index in [1.54, 1.807) is 19.9 Å². The van der Waals surface area contributed by atoms with Crippen LogP contribution in [0.3, 0.4) is 0 Å². The highest BCUT2D eigenvalue weighted by Crippen LogP contribution is 2.21. The van der Waals surface area contributed by atoms with Gasteiger partial charge in [-0.1, -0.05) is 19.2 Å². The van der Waals surface area contributed by atoms with Crippen molar-refractivity contribution in [1.29, 1.82) is 0 Å². The molecule has 2 atom stereocenters.